The third kappa shape index (κ3) is 8.37. The number of hydrogen-bond donors (Lipinski definition) is 2. The van der Waals surface area contributed by atoms with Crippen molar-refractivity contribution in [3.8, 4) is 11.8 Å². The van der Waals surface area contributed by atoms with Gasteiger partial charge in [-0.2, -0.15) is 5.26 Å². The van der Waals surface area contributed by atoms with Crippen LogP contribution in [0.15, 0.2) is 97.3 Å². The van der Waals surface area contributed by atoms with Gasteiger partial charge in [-0.25, -0.2) is 4.68 Å². The predicted octanol–water partition coefficient (Wildman–Crippen LogP) is 10.6. The van der Waals surface area contributed by atoms with Crippen molar-refractivity contribution in [1.82, 2.24) is 24.9 Å². The number of nitrogens with one attached hydrogen (secondary N) is 2. The quantitative estimate of drug-likeness (QED) is 0.142. The predicted molar refractivity (Wildman–Crippen MR) is 214 cm³/mol. The van der Waals surface area contributed by atoms with Crippen molar-refractivity contribution in [2.75, 3.05) is 23.7 Å². The summed E-state index contributed by atoms with van der Waals surface area (Å²) in [5.41, 5.74) is 5.70. The summed E-state index contributed by atoms with van der Waals surface area (Å²) in [6.45, 7) is 9.17. The molecule has 7 rings (SSSR count). The lowest BCUT2D eigenvalue weighted by atomic mass is 9.98. The maximum atomic E-state index is 10.1. The van der Waals surface area contributed by atoms with E-state index in [4.69, 9.17) is 44.5 Å². The van der Waals surface area contributed by atoms with Gasteiger partial charge in [0.2, 0.25) is 0 Å². The molecule has 0 saturated carbocycles. The zero-order valence-corrected chi connectivity index (χ0v) is 31.9. The maximum Gasteiger partial charge on any atom is 0.138 e. The molecule has 0 bridgehead atoms. The average molecular weight is 766 g/mol. The minimum absolute atomic E-state index is 0.133. The molecule has 3 heterocycles. The molecule has 270 valence electrons. The largest absolute Gasteiger partial charge is 0.487 e. The van der Waals surface area contributed by atoms with E-state index in [-0.39, 0.29) is 11.6 Å². The van der Waals surface area contributed by atoms with E-state index in [1.807, 2.05) is 77.6 Å². The van der Waals surface area contributed by atoms with Gasteiger partial charge in [-0.15, -0.1) is 5.10 Å². The minimum atomic E-state index is -0.409. The van der Waals surface area contributed by atoms with Crippen LogP contribution in [0.25, 0.3) is 10.9 Å². The smallest absolute Gasteiger partial charge is 0.138 e. The number of piperidine rings is 1. The maximum absolute atomic E-state index is 10.1. The first kappa shape index (κ1) is 36.5. The summed E-state index contributed by atoms with van der Waals surface area (Å²) in [4.78, 5) is 7.26. The topological polar surface area (TPSA) is 104 Å². The lowest BCUT2D eigenvalue weighted by Crippen LogP contribution is -2.46. The van der Waals surface area contributed by atoms with Crippen LogP contribution in [0.4, 0.5) is 17.1 Å². The van der Waals surface area contributed by atoms with Crippen molar-refractivity contribution >= 4 is 62.8 Å². The summed E-state index contributed by atoms with van der Waals surface area (Å²) in [6.07, 6.45) is 5.57. The van der Waals surface area contributed by atoms with Crippen LogP contribution in [0.3, 0.4) is 0 Å². The van der Waals surface area contributed by atoms with Gasteiger partial charge < -0.3 is 15.4 Å². The van der Waals surface area contributed by atoms with E-state index in [0.717, 1.165) is 42.8 Å². The Morgan fingerprint density at radius 3 is 2.40 bits per heavy atom. The number of pyridine rings is 1. The molecular weight excluding hydrogens is 727 g/mol. The lowest BCUT2D eigenvalue weighted by Gasteiger charge is -2.40. The summed E-state index contributed by atoms with van der Waals surface area (Å²) < 4.78 is 7.97. The van der Waals surface area contributed by atoms with Gasteiger partial charge in [-0.3, -0.25) is 9.88 Å². The van der Waals surface area contributed by atoms with Crippen molar-refractivity contribution in [2.45, 2.75) is 57.8 Å². The average Bonchev–Trinajstić information content (AvgIpc) is 3.64. The van der Waals surface area contributed by atoms with E-state index >= 15 is 0 Å². The zero-order chi connectivity index (χ0) is 37.1. The Hall–Kier alpha value is -4.85. The molecular formula is C41H39Cl3N8O. The number of fused-ring (bicyclic) bond motifs is 1. The molecule has 1 aliphatic rings. The number of nitrogens with zero attached hydrogens (tertiary/aromatic N) is 6. The van der Waals surface area contributed by atoms with Crippen molar-refractivity contribution in [3.63, 3.8) is 0 Å². The van der Waals surface area contributed by atoms with Gasteiger partial charge in [0, 0.05) is 45.9 Å². The van der Waals surface area contributed by atoms with E-state index in [1.165, 1.54) is 0 Å². The van der Waals surface area contributed by atoms with Crippen LogP contribution in [0.1, 0.15) is 68.1 Å². The molecule has 1 fully saturated rings. The van der Waals surface area contributed by atoms with Crippen molar-refractivity contribution in [3.05, 3.63) is 135 Å². The van der Waals surface area contributed by atoms with E-state index in [9.17, 15) is 5.26 Å². The van der Waals surface area contributed by atoms with Crippen LogP contribution in [-0.2, 0) is 6.61 Å². The number of rotatable bonds is 10. The number of anilines is 3. The third-order valence-electron chi connectivity index (χ3n) is 9.61. The summed E-state index contributed by atoms with van der Waals surface area (Å²) in [5.74, 6) is 0.552. The van der Waals surface area contributed by atoms with E-state index in [1.54, 1.807) is 24.4 Å². The van der Waals surface area contributed by atoms with Crippen LogP contribution >= 0.6 is 34.8 Å². The van der Waals surface area contributed by atoms with Crippen LogP contribution in [0.5, 0.6) is 5.75 Å². The van der Waals surface area contributed by atoms with Crippen LogP contribution in [0, 0.1) is 11.3 Å². The number of hydrogen-bond acceptors (Lipinski definition) is 8. The molecule has 2 N–H and O–H groups in total. The fourth-order valence-corrected chi connectivity index (χ4v) is 7.29. The first-order chi connectivity index (χ1) is 25.6. The molecule has 53 heavy (non-hydrogen) atoms. The normalized spacial score (nSPS) is 14.5. The molecule has 1 atom stereocenters. The Labute approximate surface area is 324 Å². The molecule has 1 saturated heterocycles. The Balaban J connectivity index is 1.19. The SMILES string of the molecule is CC(C)(C)N1CCC(n2cc([C@@H](Nc3cc(Cl)cc4c(Nc5ccc(OCc6ccccc6)c(Cl)c5)c(C#N)cnc34)c3ccc(Cl)cc3)nn2)CC1. The molecule has 0 unspecified atom stereocenters. The van der Waals surface area contributed by atoms with Gasteiger partial charge in [-0.1, -0.05) is 82.5 Å². The summed E-state index contributed by atoms with van der Waals surface area (Å²) >= 11 is 19.8. The van der Waals surface area contributed by atoms with E-state index in [0.29, 0.717) is 61.0 Å². The number of aromatic nitrogens is 4. The summed E-state index contributed by atoms with van der Waals surface area (Å²) in [6, 6.07) is 28.7. The fraction of sp³-hybridized carbons (Fsp3) is 0.268. The highest BCUT2D eigenvalue weighted by Gasteiger charge is 2.29. The van der Waals surface area contributed by atoms with Crippen LogP contribution in [-0.4, -0.2) is 43.5 Å². The Bertz CT molecular complexity index is 2260. The highest BCUT2D eigenvalue weighted by Crippen LogP contribution is 2.39. The molecule has 2 aromatic heterocycles. The molecule has 6 aromatic rings. The molecule has 0 amide bonds. The van der Waals surface area contributed by atoms with Gasteiger partial charge in [0.15, 0.2) is 0 Å². The Kier molecular flexibility index (Phi) is 10.8. The van der Waals surface area contributed by atoms with Crippen LogP contribution in [0.2, 0.25) is 15.1 Å². The lowest BCUT2D eigenvalue weighted by molar-refractivity contribution is 0.0866. The standard InChI is InChI=1S/C41H39Cl3N8O/c1-41(2,3)51-17-15-32(16-18-51)52-24-36(49-50-52)39(27-9-11-29(42)12-10-27)48-35-20-30(43)19-33-38(28(22-45)23-46-40(33)35)47-31-13-14-37(34(44)21-31)53-25-26-7-5-4-6-8-26/h4-14,19-21,23-24,32,39,48H,15-18,25H2,1-3H3,(H,46,47)/t39-/m0/s1. The first-order valence-corrected chi connectivity index (χ1v) is 18.6. The summed E-state index contributed by atoms with van der Waals surface area (Å²) in [7, 11) is 0. The first-order valence-electron chi connectivity index (χ1n) is 17.5. The number of nitriles is 1. The molecule has 12 heteroatoms. The Morgan fingerprint density at radius 2 is 1.70 bits per heavy atom. The van der Waals surface area contributed by atoms with Crippen molar-refractivity contribution in [2.24, 2.45) is 0 Å². The second kappa shape index (κ2) is 15.6. The van der Waals surface area contributed by atoms with Crippen molar-refractivity contribution < 1.29 is 4.74 Å². The number of halogens is 3. The monoisotopic (exact) mass is 764 g/mol. The van der Waals surface area contributed by atoms with Gasteiger partial charge in [-0.05, 0) is 87.2 Å². The number of likely N-dealkylation sites (tertiary alicyclic amines) is 1. The third-order valence-corrected chi connectivity index (χ3v) is 10.4. The van der Waals surface area contributed by atoms with Crippen molar-refractivity contribution in [1.29, 1.82) is 5.26 Å². The molecule has 1 aliphatic heterocycles. The van der Waals surface area contributed by atoms with Crippen LogP contribution < -0.4 is 15.4 Å². The minimum Gasteiger partial charge on any atom is -0.487 e. The second-order valence-electron chi connectivity index (χ2n) is 14.2. The van der Waals surface area contributed by atoms with Gasteiger partial charge in [0.1, 0.15) is 24.1 Å². The molecule has 9 nitrogen and oxygen atoms in total. The molecule has 0 aliphatic carbocycles. The van der Waals surface area contributed by atoms with E-state index in [2.05, 4.69) is 52.7 Å². The molecule has 0 radical (unpaired) electrons. The van der Waals surface area contributed by atoms with Gasteiger partial charge >= 0.3 is 0 Å². The number of ether oxygens (including phenoxy) is 1. The van der Waals surface area contributed by atoms with Gasteiger partial charge in [0.05, 0.1) is 45.8 Å². The second-order valence-corrected chi connectivity index (χ2v) is 15.5. The molecule has 0 spiro atoms. The Morgan fingerprint density at radius 1 is 0.943 bits per heavy atom. The number of benzene rings is 4. The zero-order valence-electron chi connectivity index (χ0n) is 29.7. The molecule has 4 aromatic carbocycles. The highest BCUT2D eigenvalue weighted by molar-refractivity contribution is 6.33. The van der Waals surface area contributed by atoms with Gasteiger partial charge in [0.25, 0.3) is 0 Å². The summed E-state index contributed by atoms with van der Waals surface area (Å²) in [5, 5.41) is 28.7. The fourth-order valence-electron chi connectivity index (χ4n) is 6.71. The van der Waals surface area contributed by atoms with E-state index < -0.39 is 6.04 Å². The highest BCUT2D eigenvalue weighted by atomic mass is 35.5.